The SMILES string of the molecule is CCOc1c(COc2cccc(C=O)c2O)cc(C)cc1-c1cc(C)cc(-c2cc(C)cc(COc3cc(C)cc(C=O)c3O)c2OCC)c1OC. The van der Waals surface area contributed by atoms with E-state index in [1.165, 1.54) is 6.07 Å². The van der Waals surface area contributed by atoms with Crippen LogP contribution in [0.25, 0.3) is 22.3 Å². The number of carbonyl (C=O) groups excluding carboxylic acids is 2. The third kappa shape index (κ3) is 7.84. The highest BCUT2D eigenvalue weighted by molar-refractivity contribution is 5.89. The number of rotatable bonds is 15. The first-order valence-electron chi connectivity index (χ1n) is 17.1. The molecule has 0 fully saturated rings. The Hall–Kier alpha value is -5.96. The van der Waals surface area contributed by atoms with E-state index in [9.17, 15) is 19.8 Å². The number of aryl methyl sites for hydroxylation is 4. The number of aldehydes is 2. The number of phenolic OH excluding ortho intramolecular Hbond substituents is 2. The van der Waals surface area contributed by atoms with Crippen LogP contribution in [0.15, 0.2) is 66.7 Å². The Bertz CT molecular complexity index is 2120. The molecule has 5 rings (SSSR count). The summed E-state index contributed by atoms with van der Waals surface area (Å²) in [5, 5.41) is 21.2. The average molecular weight is 705 g/mol. The van der Waals surface area contributed by atoms with Crippen LogP contribution >= 0.6 is 0 Å². The first-order chi connectivity index (χ1) is 25.0. The van der Waals surface area contributed by atoms with Gasteiger partial charge in [0, 0.05) is 33.4 Å². The maximum atomic E-state index is 11.5. The second kappa shape index (κ2) is 16.4. The van der Waals surface area contributed by atoms with Crippen LogP contribution in [0.3, 0.4) is 0 Å². The third-order valence-electron chi connectivity index (χ3n) is 8.51. The minimum absolute atomic E-state index is 0.0708. The molecule has 0 amide bonds. The number of carbonyl (C=O) groups is 2. The van der Waals surface area contributed by atoms with Crippen LogP contribution in [-0.2, 0) is 13.2 Å². The fourth-order valence-corrected chi connectivity index (χ4v) is 6.37. The Kier molecular flexibility index (Phi) is 11.7. The smallest absolute Gasteiger partial charge is 0.168 e. The highest BCUT2D eigenvalue weighted by atomic mass is 16.5. The Morgan fingerprint density at radius 2 is 0.981 bits per heavy atom. The Morgan fingerprint density at radius 1 is 0.538 bits per heavy atom. The Labute approximate surface area is 304 Å². The normalized spacial score (nSPS) is 10.8. The summed E-state index contributed by atoms with van der Waals surface area (Å²) >= 11 is 0. The van der Waals surface area contributed by atoms with Gasteiger partial charge in [0.1, 0.15) is 30.5 Å². The molecule has 5 aromatic carbocycles. The third-order valence-corrected chi connectivity index (χ3v) is 8.51. The van der Waals surface area contributed by atoms with Crippen LogP contribution in [0, 0.1) is 27.7 Å². The number of phenols is 2. The molecule has 9 nitrogen and oxygen atoms in total. The van der Waals surface area contributed by atoms with Gasteiger partial charge < -0.3 is 33.9 Å². The zero-order valence-electron chi connectivity index (χ0n) is 30.6. The van der Waals surface area contributed by atoms with Gasteiger partial charge in [-0.1, -0.05) is 6.07 Å². The number of ether oxygens (including phenoxy) is 5. The van der Waals surface area contributed by atoms with Gasteiger partial charge in [0.15, 0.2) is 35.6 Å². The van der Waals surface area contributed by atoms with Crippen molar-refractivity contribution in [3.8, 4) is 62.5 Å². The fraction of sp³-hybridized carbons (Fsp3) is 0.256. The molecule has 0 atom stereocenters. The monoisotopic (exact) mass is 704 g/mol. The first-order valence-corrected chi connectivity index (χ1v) is 17.1. The lowest BCUT2D eigenvalue weighted by molar-refractivity contribution is 0.111. The summed E-state index contributed by atoms with van der Waals surface area (Å²) in [6, 6.07) is 20.2. The number of hydrogen-bond acceptors (Lipinski definition) is 9. The predicted molar refractivity (Wildman–Crippen MR) is 201 cm³/mol. The Balaban J connectivity index is 1.64. The largest absolute Gasteiger partial charge is 0.504 e. The minimum Gasteiger partial charge on any atom is -0.504 e. The molecular formula is C43H44O9. The van der Waals surface area contributed by atoms with Crippen LogP contribution in [0.5, 0.6) is 40.2 Å². The maximum absolute atomic E-state index is 11.5. The van der Waals surface area contributed by atoms with Gasteiger partial charge in [0.2, 0.25) is 0 Å². The number of benzene rings is 5. The van der Waals surface area contributed by atoms with Crippen molar-refractivity contribution < 1.29 is 43.5 Å². The van der Waals surface area contributed by atoms with Crippen molar-refractivity contribution in [2.24, 2.45) is 0 Å². The van der Waals surface area contributed by atoms with E-state index in [2.05, 4.69) is 12.1 Å². The van der Waals surface area contributed by atoms with Crippen molar-refractivity contribution >= 4 is 12.6 Å². The highest BCUT2D eigenvalue weighted by Gasteiger charge is 2.24. The van der Waals surface area contributed by atoms with E-state index in [4.69, 9.17) is 23.7 Å². The summed E-state index contributed by atoms with van der Waals surface area (Å²) < 4.78 is 31.0. The number of hydrogen-bond donors (Lipinski definition) is 2. The van der Waals surface area contributed by atoms with Crippen LogP contribution in [0.4, 0.5) is 0 Å². The molecule has 0 aliphatic rings. The molecule has 0 aromatic heterocycles. The van der Waals surface area contributed by atoms with Crippen LogP contribution in [0.2, 0.25) is 0 Å². The highest BCUT2D eigenvalue weighted by Crippen LogP contribution is 2.48. The van der Waals surface area contributed by atoms with Crippen LogP contribution < -0.4 is 23.7 Å². The second-order valence-electron chi connectivity index (χ2n) is 12.6. The molecular weight excluding hydrogens is 660 g/mol. The number of para-hydroxylation sites is 1. The molecule has 5 aromatic rings. The molecule has 0 unspecified atom stereocenters. The van der Waals surface area contributed by atoms with Crippen LogP contribution in [-0.4, -0.2) is 43.1 Å². The van der Waals surface area contributed by atoms with Gasteiger partial charge in [-0.2, -0.15) is 0 Å². The molecule has 0 aliphatic heterocycles. The average Bonchev–Trinajstić information content (AvgIpc) is 3.12. The van der Waals surface area contributed by atoms with E-state index >= 15 is 0 Å². The summed E-state index contributed by atoms with van der Waals surface area (Å²) in [5.41, 5.74) is 8.64. The summed E-state index contributed by atoms with van der Waals surface area (Å²) in [6.07, 6.45) is 1.19. The molecule has 0 radical (unpaired) electrons. The van der Waals surface area contributed by atoms with Gasteiger partial charge in [-0.25, -0.2) is 0 Å². The quantitative estimate of drug-likeness (QED) is 0.103. The summed E-state index contributed by atoms with van der Waals surface area (Å²) in [6.45, 7) is 12.6. The predicted octanol–water partition coefficient (Wildman–Crippen LogP) is 9.25. The summed E-state index contributed by atoms with van der Waals surface area (Å²) in [7, 11) is 1.63. The van der Waals surface area contributed by atoms with Gasteiger partial charge in [-0.3, -0.25) is 9.59 Å². The van der Waals surface area contributed by atoms with Gasteiger partial charge in [-0.15, -0.1) is 0 Å². The topological polar surface area (TPSA) is 121 Å². The molecule has 9 heteroatoms. The van der Waals surface area contributed by atoms with Crippen LogP contribution in [0.1, 0.15) is 67.9 Å². The minimum atomic E-state index is -0.220. The van der Waals surface area contributed by atoms with Crippen molar-refractivity contribution in [1.82, 2.24) is 0 Å². The molecule has 0 bridgehead atoms. The van der Waals surface area contributed by atoms with Gasteiger partial charge in [-0.05, 0) is 124 Å². The van der Waals surface area contributed by atoms with E-state index in [1.807, 2.05) is 65.8 Å². The van der Waals surface area contributed by atoms with Gasteiger partial charge >= 0.3 is 0 Å². The van der Waals surface area contributed by atoms with E-state index in [-0.39, 0.29) is 47.3 Å². The standard InChI is InChI=1S/C43H44O9/c1-8-49-41-31(23-51-37-12-10-11-29(21-44)39(37)46)14-25(3)16-33(41)35-18-28(6)19-36(43(35)48-7)34-17-26(4)15-32(42(34)50-9-2)24-52-38-20-27(5)13-30(22-45)40(38)47/h10-22,46-47H,8-9,23-24H2,1-7H3. The maximum Gasteiger partial charge on any atom is 0.168 e. The molecule has 0 spiro atoms. The van der Waals surface area contributed by atoms with Gasteiger partial charge in [0.25, 0.3) is 0 Å². The van der Waals surface area contributed by atoms with E-state index < -0.39 is 0 Å². The zero-order valence-corrected chi connectivity index (χ0v) is 30.6. The molecule has 0 saturated heterocycles. The molecule has 0 heterocycles. The van der Waals surface area contributed by atoms with Crippen molar-refractivity contribution in [2.45, 2.75) is 54.8 Å². The van der Waals surface area contributed by atoms with E-state index in [0.29, 0.717) is 43.0 Å². The molecule has 2 N–H and O–H groups in total. The van der Waals surface area contributed by atoms with Crippen molar-refractivity contribution in [3.05, 3.63) is 111 Å². The first kappa shape index (κ1) is 37.3. The second-order valence-corrected chi connectivity index (χ2v) is 12.6. The lowest BCUT2D eigenvalue weighted by Crippen LogP contribution is -2.06. The van der Waals surface area contributed by atoms with Gasteiger partial charge in [0.05, 0.1) is 31.5 Å². The lowest BCUT2D eigenvalue weighted by Gasteiger charge is -2.23. The number of aromatic hydroxyl groups is 2. The molecule has 270 valence electrons. The molecule has 52 heavy (non-hydrogen) atoms. The van der Waals surface area contributed by atoms with Crippen molar-refractivity contribution in [1.29, 1.82) is 0 Å². The molecule has 0 saturated carbocycles. The summed E-state index contributed by atoms with van der Waals surface area (Å²) in [4.78, 5) is 23.0. The fourth-order valence-electron chi connectivity index (χ4n) is 6.37. The lowest BCUT2D eigenvalue weighted by atomic mass is 9.90. The zero-order chi connectivity index (χ0) is 37.5. The van der Waals surface area contributed by atoms with E-state index in [0.717, 1.165) is 55.6 Å². The van der Waals surface area contributed by atoms with Crippen molar-refractivity contribution in [3.63, 3.8) is 0 Å². The van der Waals surface area contributed by atoms with Crippen molar-refractivity contribution in [2.75, 3.05) is 20.3 Å². The summed E-state index contributed by atoms with van der Waals surface area (Å²) in [5.74, 6) is 1.77. The number of methoxy groups -OCH3 is 1. The molecule has 0 aliphatic carbocycles. The van der Waals surface area contributed by atoms with E-state index in [1.54, 1.807) is 31.4 Å². The Morgan fingerprint density at radius 3 is 1.46 bits per heavy atom.